The van der Waals surface area contributed by atoms with Crippen LogP contribution in [0, 0.1) is 0 Å². The lowest BCUT2D eigenvalue weighted by Crippen LogP contribution is -2.35. The molecular formula is C8H14N2O3S2. The third kappa shape index (κ3) is 3.54. The van der Waals surface area contributed by atoms with Crippen LogP contribution in [0.2, 0.25) is 0 Å². The van der Waals surface area contributed by atoms with E-state index in [9.17, 15) is 8.42 Å². The molecule has 0 atom stereocenters. The van der Waals surface area contributed by atoms with Crippen LogP contribution >= 0.6 is 11.3 Å². The van der Waals surface area contributed by atoms with E-state index in [-0.39, 0.29) is 10.8 Å². The summed E-state index contributed by atoms with van der Waals surface area (Å²) >= 11 is 1.17. The normalized spacial score (nSPS) is 12.3. The number of nitrogens with one attached hydrogen (secondary N) is 1. The van der Waals surface area contributed by atoms with Crippen molar-refractivity contribution in [3.8, 4) is 0 Å². The minimum absolute atomic E-state index is 0.0289. The predicted octanol–water partition coefficient (Wildman–Crippen LogP) is 0.0378. The predicted molar refractivity (Wildman–Crippen MR) is 59.1 cm³/mol. The summed E-state index contributed by atoms with van der Waals surface area (Å²) in [5.41, 5.74) is 0. The van der Waals surface area contributed by atoms with E-state index < -0.39 is 10.0 Å². The van der Waals surface area contributed by atoms with Crippen molar-refractivity contribution in [3.63, 3.8) is 0 Å². The third-order valence-electron chi connectivity index (χ3n) is 1.56. The van der Waals surface area contributed by atoms with Crippen LogP contribution in [0.4, 0.5) is 0 Å². The molecule has 0 fully saturated rings. The Bertz CT molecular complexity index is 411. The van der Waals surface area contributed by atoms with Crippen LogP contribution < -0.4 is 4.83 Å². The van der Waals surface area contributed by atoms with E-state index in [1.807, 2.05) is 0 Å². The highest BCUT2D eigenvalue weighted by atomic mass is 32.2. The van der Waals surface area contributed by atoms with Crippen molar-refractivity contribution in [2.45, 2.75) is 10.6 Å². The van der Waals surface area contributed by atoms with Gasteiger partial charge in [-0.15, -0.1) is 16.2 Å². The second-order valence-electron chi connectivity index (χ2n) is 3.18. The molecule has 5 nitrogen and oxygen atoms in total. The van der Waals surface area contributed by atoms with E-state index in [1.54, 1.807) is 26.2 Å². The van der Waals surface area contributed by atoms with Crippen molar-refractivity contribution in [2.75, 3.05) is 20.7 Å². The van der Waals surface area contributed by atoms with Crippen LogP contribution in [0.25, 0.3) is 0 Å². The molecule has 0 saturated heterocycles. The monoisotopic (exact) mass is 250 g/mol. The fourth-order valence-electron chi connectivity index (χ4n) is 1.03. The molecule has 0 radical (unpaired) electrons. The summed E-state index contributed by atoms with van der Waals surface area (Å²) in [5, 5.41) is 10.1. The highest BCUT2D eigenvalue weighted by Crippen LogP contribution is 2.21. The Balaban J connectivity index is 2.86. The van der Waals surface area contributed by atoms with Gasteiger partial charge in [0.1, 0.15) is 4.21 Å². The zero-order valence-electron chi connectivity index (χ0n) is 8.60. The minimum atomic E-state index is -3.44. The molecule has 0 amide bonds. The maximum absolute atomic E-state index is 11.7. The Labute approximate surface area is 93.4 Å². The maximum atomic E-state index is 11.7. The first-order valence-corrected chi connectivity index (χ1v) is 6.65. The number of sulfonamides is 1. The maximum Gasteiger partial charge on any atom is 0.262 e. The van der Waals surface area contributed by atoms with Gasteiger partial charge in [-0.2, -0.15) is 0 Å². The van der Waals surface area contributed by atoms with Gasteiger partial charge in [-0.3, -0.25) is 0 Å². The van der Waals surface area contributed by atoms with Crippen LogP contribution in [-0.2, 0) is 16.4 Å². The zero-order chi connectivity index (χ0) is 11.5. The van der Waals surface area contributed by atoms with E-state index in [0.29, 0.717) is 6.42 Å². The second-order valence-corrected chi connectivity index (χ2v) is 6.24. The van der Waals surface area contributed by atoms with E-state index in [1.165, 1.54) is 16.3 Å². The van der Waals surface area contributed by atoms with E-state index in [0.717, 1.165) is 4.88 Å². The Hall–Kier alpha value is -0.470. The molecule has 0 aromatic carbocycles. The number of nitrogens with zero attached hydrogens (tertiary/aromatic N) is 1. The van der Waals surface area contributed by atoms with Crippen molar-refractivity contribution < 1.29 is 13.5 Å². The lowest BCUT2D eigenvalue weighted by atomic mass is 10.4. The van der Waals surface area contributed by atoms with Crippen molar-refractivity contribution in [3.05, 3.63) is 17.0 Å². The zero-order valence-corrected chi connectivity index (χ0v) is 10.2. The first-order valence-electron chi connectivity index (χ1n) is 4.35. The number of aliphatic hydroxyl groups excluding tert-OH is 1. The second kappa shape index (κ2) is 5.04. The smallest absolute Gasteiger partial charge is 0.262 e. The van der Waals surface area contributed by atoms with Gasteiger partial charge in [0.25, 0.3) is 10.0 Å². The Morgan fingerprint density at radius 3 is 2.67 bits per heavy atom. The minimum Gasteiger partial charge on any atom is -0.396 e. The van der Waals surface area contributed by atoms with Crippen LogP contribution in [0.1, 0.15) is 4.88 Å². The molecule has 1 heterocycles. The molecule has 0 bridgehead atoms. The fourth-order valence-corrected chi connectivity index (χ4v) is 3.45. The van der Waals surface area contributed by atoms with Crippen molar-refractivity contribution in [1.82, 2.24) is 9.84 Å². The quantitative estimate of drug-likeness (QED) is 0.724. The Morgan fingerprint density at radius 1 is 1.47 bits per heavy atom. The molecule has 86 valence electrons. The van der Waals surface area contributed by atoms with Crippen LogP contribution in [0.5, 0.6) is 0 Å². The first-order chi connectivity index (χ1) is 6.95. The number of hydrogen-bond donors (Lipinski definition) is 2. The summed E-state index contributed by atoms with van der Waals surface area (Å²) in [6.07, 6.45) is 0.488. The molecule has 0 unspecified atom stereocenters. The van der Waals surface area contributed by atoms with Crippen LogP contribution in [0.15, 0.2) is 16.3 Å². The van der Waals surface area contributed by atoms with E-state index in [2.05, 4.69) is 4.83 Å². The molecule has 0 saturated carbocycles. The summed E-state index contributed by atoms with van der Waals surface area (Å²) in [4.78, 5) is 3.20. The summed E-state index contributed by atoms with van der Waals surface area (Å²) in [5.74, 6) is 0. The van der Waals surface area contributed by atoms with Gasteiger partial charge in [0.15, 0.2) is 0 Å². The Kier molecular flexibility index (Phi) is 4.23. The molecule has 0 aliphatic heterocycles. The van der Waals surface area contributed by atoms with Crippen LogP contribution in [-0.4, -0.2) is 39.2 Å². The van der Waals surface area contributed by atoms with Gasteiger partial charge >= 0.3 is 0 Å². The summed E-state index contributed by atoms with van der Waals surface area (Å²) in [6, 6.07) is 3.26. The molecule has 0 spiro atoms. The topological polar surface area (TPSA) is 69.6 Å². The van der Waals surface area contributed by atoms with Gasteiger partial charge in [0.05, 0.1) is 0 Å². The van der Waals surface area contributed by atoms with Gasteiger partial charge in [0, 0.05) is 32.0 Å². The SMILES string of the molecule is CN(C)NS(=O)(=O)c1ccc(CCO)s1. The van der Waals surface area contributed by atoms with Crippen LogP contribution in [0.3, 0.4) is 0 Å². The standard InChI is InChI=1S/C8H14N2O3S2/c1-10(2)9-15(12,13)8-4-3-7(14-8)5-6-11/h3-4,9,11H,5-6H2,1-2H3. The molecule has 1 aromatic rings. The fraction of sp³-hybridized carbons (Fsp3) is 0.500. The molecule has 0 aliphatic rings. The van der Waals surface area contributed by atoms with Crippen molar-refractivity contribution >= 4 is 21.4 Å². The van der Waals surface area contributed by atoms with Gasteiger partial charge in [0.2, 0.25) is 0 Å². The number of hydrazine groups is 1. The van der Waals surface area contributed by atoms with E-state index in [4.69, 9.17) is 5.11 Å². The average Bonchev–Trinajstić information content (AvgIpc) is 2.51. The molecule has 2 N–H and O–H groups in total. The highest BCUT2D eigenvalue weighted by molar-refractivity contribution is 7.91. The van der Waals surface area contributed by atoms with Gasteiger partial charge in [-0.25, -0.2) is 13.4 Å². The molecule has 15 heavy (non-hydrogen) atoms. The molecule has 1 rings (SSSR count). The number of aliphatic hydroxyl groups is 1. The van der Waals surface area contributed by atoms with Gasteiger partial charge < -0.3 is 5.11 Å². The summed E-state index contributed by atoms with van der Waals surface area (Å²) in [7, 11) is -0.222. The first kappa shape index (κ1) is 12.6. The molecule has 1 aromatic heterocycles. The van der Waals surface area contributed by atoms with Gasteiger partial charge in [-0.1, -0.05) is 0 Å². The number of rotatable bonds is 5. The average molecular weight is 250 g/mol. The molecular weight excluding hydrogens is 236 g/mol. The molecule has 0 aliphatic carbocycles. The van der Waals surface area contributed by atoms with Gasteiger partial charge in [-0.05, 0) is 12.1 Å². The van der Waals surface area contributed by atoms with E-state index >= 15 is 0 Å². The highest BCUT2D eigenvalue weighted by Gasteiger charge is 2.16. The molecule has 7 heteroatoms. The number of thiophene rings is 1. The summed E-state index contributed by atoms with van der Waals surface area (Å²) < 4.78 is 23.6. The number of hydrogen-bond acceptors (Lipinski definition) is 5. The third-order valence-corrected chi connectivity index (χ3v) is 4.68. The largest absolute Gasteiger partial charge is 0.396 e. The summed E-state index contributed by atoms with van der Waals surface area (Å²) in [6.45, 7) is 0.0289. The Morgan fingerprint density at radius 2 is 2.13 bits per heavy atom. The lowest BCUT2D eigenvalue weighted by molar-refractivity contribution is 0.300. The van der Waals surface area contributed by atoms with Crippen molar-refractivity contribution in [1.29, 1.82) is 0 Å². The lowest BCUT2D eigenvalue weighted by Gasteiger charge is -2.10. The van der Waals surface area contributed by atoms with Crippen molar-refractivity contribution in [2.24, 2.45) is 0 Å².